The number of unbranched alkanes of at least 4 members (excludes halogenated alkanes) is 1. The zero-order valence-electron chi connectivity index (χ0n) is 21.2. The number of nitrogens with two attached hydrogens (primary N) is 1. The third-order valence-electron chi connectivity index (χ3n) is 5.90. The van der Waals surface area contributed by atoms with Gasteiger partial charge in [-0.3, -0.25) is 24.0 Å². The molecule has 0 aliphatic carbocycles. The lowest BCUT2D eigenvalue weighted by Crippen LogP contribution is -2.58. The quantitative estimate of drug-likeness (QED) is 0.0962. The predicted octanol–water partition coefficient (Wildman–Crippen LogP) is -1.89. The molecule has 0 aromatic rings. The number of likely N-dealkylation sites (tertiary alicyclic amines) is 1. The second-order valence-electron chi connectivity index (χ2n) is 9.54. The molecular formula is C22H40BN5O8. The monoisotopic (exact) mass is 513 g/mol. The van der Waals surface area contributed by atoms with Gasteiger partial charge in [-0.15, -0.1) is 0 Å². The molecule has 1 rings (SSSR count). The normalized spacial score (nSPS) is 17.8. The van der Waals surface area contributed by atoms with E-state index in [2.05, 4.69) is 16.0 Å². The largest absolute Gasteiger partial charge is 0.481 e. The molecule has 4 amide bonds. The number of carbonyl (C=O) groups excluding carboxylic acids is 4. The highest BCUT2D eigenvalue weighted by atomic mass is 16.4. The van der Waals surface area contributed by atoms with Gasteiger partial charge >= 0.3 is 13.1 Å². The number of nitrogens with one attached hydrogen (secondary N) is 3. The number of aliphatic carboxylic acids is 1. The molecule has 0 aromatic heterocycles. The first kappa shape index (κ1) is 31.3. The maximum Gasteiger partial charge on any atom is 0.475 e. The van der Waals surface area contributed by atoms with Crippen LogP contribution < -0.4 is 21.7 Å². The van der Waals surface area contributed by atoms with Crippen LogP contribution in [0.4, 0.5) is 0 Å². The Kier molecular flexibility index (Phi) is 13.4. The number of amides is 4. The van der Waals surface area contributed by atoms with Gasteiger partial charge < -0.3 is 41.7 Å². The van der Waals surface area contributed by atoms with Gasteiger partial charge in [0.15, 0.2) is 0 Å². The van der Waals surface area contributed by atoms with Crippen LogP contribution in [0.1, 0.15) is 65.7 Å². The van der Waals surface area contributed by atoms with Crippen molar-refractivity contribution in [2.75, 3.05) is 13.1 Å². The van der Waals surface area contributed by atoms with Crippen LogP contribution >= 0.6 is 0 Å². The Bertz CT molecular complexity index is 766. The summed E-state index contributed by atoms with van der Waals surface area (Å²) in [6, 6.07) is -3.44. The van der Waals surface area contributed by atoms with E-state index in [1.165, 1.54) is 4.90 Å². The predicted molar refractivity (Wildman–Crippen MR) is 131 cm³/mol. The standard InChI is InChI=1S/C22H40BN5O8/c1-13(2)11-16(27-21(33)17(12-19(30)31)25-14(3)29)20(32)26-15(7-4-5-9-24)22(34)28-10-6-8-18(28)23(35)36/h13,15-18,35-36H,4-12,24H2,1-3H3,(H,25,29)(H,26,32)(H,27,33)(H,30,31)/t15-,16-,17-,18-/m0/s1. The smallest absolute Gasteiger partial charge is 0.475 e. The third kappa shape index (κ3) is 10.5. The Hall–Kier alpha value is -2.71. The van der Waals surface area contributed by atoms with E-state index < -0.39 is 67.2 Å². The van der Waals surface area contributed by atoms with Gasteiger partial charge in [0, 0.05) is 13.5 Å². The molecule has 0 spiro atoms. The summed E-state index contributed by atoms with van der Waals surface area (Å²) in [5, 5.41) is 35.9. The van der Waals surface area contributed by atoms with Crippen LogP contribution in [0.15, 0.2) is 0 Å². The molecule has 4 atom stereocenters. The lowest BCUT2D eigenvalue weighted by molar-refractivity contribution is -0.141. The number of hydrogen-bond donors (Lipinski definition) is 7. The summed E-state index contributed by atoms with van der Waals surface area (Å²) in [5.41, 5.74) is 5.56. The Morgan fingerprint density at radius 1 is 1.00 bits per heavy atom. The number of carbonyl (C=O) groups is 5. The van der Waals surface area contributed by atoms with E-state index in [0.29, 0.717) is 38.8 Å². The van der Waals surface area contributed by atoms with E-state index in [0.717, 1.165) is 6.92 Å². The van der Waals surface area contributed by atoms with Crippen molar-refractivity contribution in [1.82, 2.24) is 20.9 Å². The number of carboxylic acids is 1. The van der Waals surface area contributed by atoms with Crippen LogP contribution in [0.3, 0.4) is 0 Å². The third-order valence-corrected chi connectivity index (χ3v) is 5.90. The molecular weight excluding hydrogens is 473 g/mol. The number of carboxylic acid groups (broad SMARTS) is 1. The first-order valence-electron chi connectivity index (χ1n) is 12.3. The zero-order valence-corrected chi connectivity index (χ0v) is 21.2. The van der Waals surface area contributed by atoms with Crippen LogP contribution in [0.2, 0.25) is 0 Å². The van der Waals surface area contributed by atoms with Crippen molar-refractivity contribution >= 4 is 36.7 Å². The average molecular weight is 513 g/mol. The van der Waals surface area contributed by atoms with E-state index >= 15 is 0 Å². The summed E-state index contributed by atoms with van der Waals surface area (Å²) in [6.07, 6.45) is 1.97. The molecule has 8 N–H and O–H groups in total. The van der Waals surface area contributed by atoms with Crippen molar-refractivity contribution in [3.8, 4) is 0 Å². The molecule has 1 aliphatic rings. The number of hydrogen-bond acceptors (Lipinski definition) is 8. The highest BCUT2D eigenvalue weighted by Crippen LogP contribution is 2.20. The molecule has 0 bridgehead atoms. The molecule has 36 heavy (non-hydrogen) atoms. The minimum atomic E-state index is -1.70. The molecule has 1 aliphatic heterocycles. The summed E-state index contributed by atoms with van der Waals surface area (Å²) < 4.78 is 0. The van der Waals surface area contributed by atoms with Crippen molar-refractivity contribution in [2.24, 2.45) is 11.7 Å². The van der Waals surface area contributed by atoms with Crippen molar-refractivity contribution in [3.63, 3.8) is 0 Å². The van der Waals surface area contributed by atoms with Gasteiger partial charge in [-0.05, 0) is 51.0 Å². The summed E-state index contributed by atoms with van der Waals surface area (Å²) in [6.45, 7) is 5.53. The molecule has 204 valence electrons. The fourth-order valence-corrected chi connectivity index (χ4v) is 4.20. The number of rotatable bonds is 15. The van der Waals surface area contributed by atoms with Crippen LogP contribution in [0.5, 0.6) is 0 Å². The lowest BCUT2D eigenvalue weighted by Gasteiger charge is -2.30. The second kappa shape index (κ2) is 15.4. The van der Waals surface area contributed by atoms with Gasteiger partial charge in [-0.25, -0.2) is 0 Å². The van der Waals surface area contributed by atoms with Gasteiger partial charge in [0.25, 0.3) is 0 Å². The number of nitrogens with zero attached hydrogens (tertiary/aromatic N) is 1. The lowest BCUT2D eigenvalue weighted by atomic mass is 9.77. The van der Waals surface area contributed by atoms with Crippen LogP contribution in [-0.4, -0.2) is 93.9 Å². The minimum Gasteiger partial charge on any atom is -0.481 e. The van der Waals surface area contributed by atoms with E-state index in [1.807, 2.05) is 13.8 Å². The molecule has 14 heteroatoms. The summed E-state index contributed by atoms with van der Waals surface area (Å²) >= 11 is 0. The maximum atomic E-state index is 13.3. The van der Waals surface area contributed by atoms with E-state index in [1.54, 1.807) is 0 Å². The average Bonchev–Trinajstić information content (AvgIpc) is 3.26. The van der Waals surface area contributed by atoms with Crippen molar-refractivity contribution < 1.29 is 39.1 Å². The highest BCUT2D eigenvalue weighted by Gasteiger charge is 2.40. The minimum absolute atomic E-state index is 0.0429. The zero-order chi connectivity index (χ0) is 27.4. The fourth-order valence-electron chi connectivity index (χ4n) is 4.20. The van der Waals surface area contributed by atoms with E-state index in [4.69, 9.17) is 10.8 Å². The second-order valence-corrected chi connectivity index (χ2v) is 9.54. The maximum absolute atomic E-state index is 13.3. The van der Waals surface area contributed by atoms with E-state index in [9.17, 15) is 34.0 Å². The van der Waals surface area contributed by atoms with Gasteiger partial charge in [-0.2, -0.15) is 0 Å². The molecule has 1 heterocycles. The topological polar surface area (TPSA) is 211 Å². The molecule has 1 saturated heterocycles. The van der Waals surface area contributed by atoms with Crippen molar-refractivity contribution in [3.05, 3.63) is 0 Å². The highest BCUT2D eigenvalue weighted by molar-refractivity contribution is 6.43. The van der Waals surface area contributed by atoms with Crippen LogP contribution in [0.25, 0.3) is 0 Å². The summed E-state index contributed by atoms with van der Waals surface area (Å²) in [4.78, 5) is 63.2. The Morgan fingerprint density at radius 3 is 2.14 bits per heavy atom. The van der Waals surface area contributed by atoms with Crippen LogP contribution in [0, 0.1) is 5.92 Å². The van der Waals surface area contributed by atoms with Gasteiger partial charge in [0.2, 0.25) is 23.6 Å². The fraction of sp³-hybridized carbons (Fsp3) is 0.773. The van der Waals surface area contributed by atoms with E-state index in [-0.39, 0.29) is 18.8 Å². The van der Waals surface area contributed by atoms with Gasteiger partial charge in [0.1, 0.15) is 18.1 Å². The van der Waals surface area contributed by atoms with Gasteiger partial charge in [-0.1, -0.05) is 13.8 Å². The Balaban J connectivity index is 3.07. The molecule has 0 saturated carbocycles. The first-order chi connectivity index (χ1) is 16.9. The SMILES string of the molecule is CC(=O)N[C@@H](CC(=O)O)C(=O)N[C@@H](CC(C)C)C(=O)N[C@@H](CCCCN)C(=O)N1CCC[C@H]1B(O)O. The van der Waals surface area contributed by atoms with Crippen molar-refractivity contribution in [2.45, 2.75) is 89.8 Å². The molecule has 0 unspecified atom stereocenters. The first-order valence-corrected chi connectivity index (χ1v) is 12.3. The van der Waals surface area contributed by atoms with Gasteiger partial charge in [0.05, 0.1) is 12.4 Å². The summed E-state index contributed by atoms with van der Waals surface area (Å²) in [5.74, 6) is -4.63. The summed E-state index contributed by atoms with van der Waals surface area (Å²) in [7, 11) is -1.70. The van der Waals surface area contributed by atoms with Crippen LogP contribution in [-0.2, 0) is 24.0 Å². The van der Waals surface area contributed by atoms with Crippen molar-refractivity contribution in [1.29, 1.82) is 0 Å². The molecule has 1 fully saturated rings. The molecule has 0 radical (unpaired) electrons. The Labute approximate surface area is 211 Å². The Morgan fingerprint density at radius 2 is 1.61 bits per heavy atom. The molecule has 13 nitrogen and oxygen atoms in total. The molecule has 0 aromatic carbocycles.